The van der Waals surface area contributed by atoms with E-state index in [9.17, 15) is 0 Å². The molecule has 4 nitrogen and oxygen atoms in total. The molecule has 1 aromatic rings. The molecule has 0 aromatic heterocycles. The summed E-state index contributed by atoms with van der Waals surface area (Å²) in [7, 11) is 0. The average Bonchev–Trinajstić information content (AvgIpc) is 2.22. The fraction of sp³-hybridized carbons (Fsp3) is 0. The largest absolute Gasteiger partial charge is 0.275 e. The Labute approximate surface area is 101 Å². The minimum absolute atomic E-state index is 0.231. The third-order valence-corrected chi connectivity index (χ3v) is 2.32. The van der Waals surface area contributed by atoms with Crippen molar-refractivity contribution in [3.63, 3.8) is 0 Å². The Bertz CT molecular complexity index is 468. The van der Waals surface area contributed by atoms with Gasteiger partial charge in [0, 0.05) is 9.37 Å². The second-order valence-corrected chi connectivity index (χ2v) is 3.85. The number of hydrogen-bond donors (Lipinski definition) is 2. The second kappa shape index (κ2) is 5.40. The molecule has 0 fully saturated rings. The summed E-state index contributed by atoms with van der Waals surface area (Å²) in [6, 6.07) is 8.61. The number of nitriles is 2. The minimum atomic E-state index is -0.231. The number of halogens is 1. The van der Waals surface area contributed by atoms with Gasteiger partial charge in [0.2, 0.25) is 5.71 Å². The molecule has 0 saturated heterocycles. The van der Waals surface area contributed by atoms with E-state index >= 15 is 0 Å². The molecule has 0 spiro atoms. The summed E-state index contributed by atoms with van der Waals surface area (Å²) in [4.78, 5) is 0.670. The maximum absolute atomic E-state index is 8.45. The molecule has 0 saturated carbocycles. The van der Waals surface area contributed by atoms with E-state index in [0.29, 0.717) is 10.6 Å². The van der Waals surface area contributed by atoms with Crippen LogP contribution in [0.2, 0.25) is 0 Å². The number of anilines is 1. The average molecular weight is 281 g/mol. The topological polar surface area (TPSA) is 72.0 Å². The summed E-state index contributed by atoms with van der Waals surface area (Å²) in [5.41, 5.74) is 2.99. The molecule has 0 bridgehead atoms. The van der Waals surface area contributed by atoms with Crippen LogP contribution in [0.4, 0.5) is 5.69 Å². The van der Waals surface area contributed by atoms with Crippen molar-refractivity contribution in [3.8, 4) is 12.1 Å². The van der Waals surface area contributed by atoms with Crippen LogP contribution in [0.5, 0.6) is 0 Å². The molecule has 0 radical (unpaired) electrons. The maximum Gasteiger partial charge on any atom is 0.237 e. The van der Waals surface area contributed by atoms with Gasteiger partial charge in [-0.05, 0) is 18.2 Å². The highest BCUT2D eigenvalue weighted by atomic mass is 79.9. The highest BCUT2D eigenvalue weighted by molar-refractivity contribution is 9.10. The predicted molar refractivity (Wildman–Crippen MR) is 63.7 cm³/mol. The summed E-state index contributed by atoms with van der Waals surface area (Å²) >= 11 is 7.49. The van der Waals surface area contributed by atoms with Crippen LogP contribution < -0.4 is 5.43 Å². The smallest absolute Gasteiger partial charge is 0.237 e. The number of hydrazone groups is 1. The Hall–Kier alpha value is -1.50. The molecule has 1 N–H and O–H groups in total. The van der Waals surface area contributed by atoms with E-state index in [-0.39, 0.29) is 5.71 Å². The molecule has 1 rings (SSSR count). The van der Waals surface area contributed by atoms with Gasteiger partial charge in [0.15, 0.2) is 0 Å². The molecular weight excluding hydrogens is 276 g/mol. The normalized spacial score (nSPS) is 8.53. The first-order chi connectivity index (χ1) is 7.17. The maximum atomic E-state index is 8.45. The third kappa shape index (κ3) is 3.28. The third-order valence-electron chi connectivity index (χ3n) is 1.46. The van der Waals surface area contributed by atoms with Gasteiger partial charge < -0.3 is 0 Å². The van der Waals surface area contributed by atoms with Crippen molar-refractivity contribution in [1.29, 1.82) is 10.5 Å². The molecule has 1 aromatic carbocycles. The van der Waals surface area contributed by atoms with E-state index in [1.807, 2.05) is 0 Å². The number of nitrogens with zero attached hydrogens (tertiary/aromatic N) is 3. The van der Waals surface area contributed by atoms with E-state index in [1.165, 1.54) is 0 Å². The van der Waals surface area contributed by atoms with Crippen molar-refractivity contribution < 1.29 is 0 Å². The lowest BCUT2D eigenvalue weighted by Crippen LogP contribution is -1.96. The molecule has 0 aliphatic carbocycles. The van der Waals surface area contributed by atoms with Crippen molar-refractivity contribution in [1.82, 2.24) is 0 Å². The summed E-state index contributed by atoms with van der Waals surface area (Å²) in [6.07, 6.45) is 0. The minimum Gasteiger partial charge on any atom is -0.275 e. The number of rotatable bonds is 2. The fourth-order valence-corrected chi connectivity index (χ4v) is 1.59. The molecule has 0 heterocycles. The van der Waals surface area contributed by atoms with Crippen LogP contribution in [0.25, 0.3) is 0 Å². The van der Waals surface area contributed by atoms with E-state index < -0.39 is 0 Å². The van der Waals surface area contributed by atoms with E-state index in [1.54, 1.807) is 30.3 Å². The highest BCUT2D eigenvalue weighted by Crippen LogP contribution is 2.23. The highest BCUT2D eigenvalue weighted by Gasteiger charge is 1.99. The summed E-state index contributed by atoms with van der Waals surface area (Å²) in [5, 5.41) is 20.5. The SMILES string of the molecule is N#CC(C#N)=NNc1ccc(Br)cc1S. The van der Waals surface area contributed by atoms with Gasteiger partial charge in [-0.1, -0.05) is 15.9 Å². The quantitative estimate of drug-likeness (QED) is 0.497. The van der Waals surface area contributed by atoms with Gasteiger partial charge in [-0.3, -0.25) is 5.43 Å². The molecule has 0 amide bonds. The van der Waals surface area contributed by atoms with Crippen LogP contribution in [0.1, 0.15) is 0 Å². The Balaban J connectivity index is 2.89. The van der Waals surface area contributed by atoms with Crippen LogP contribution in [-0.4, -0.2) is 5.71 Å². The molecule has 74 valence electrons. The zero-order valence-electron chi connectivity index (χ0n) is 7.40. The number of hydrogen-bond acceptors (Lipinski definition) is 5. The molecular formula is C9H5BrN4S. The van der Waals surface area contributed by atoms with Crippen LogP contribution in [0.15, 0.2) is 32.7 Å². The summed E-state index contributed by atoms with van der Waals surface area (Å²) in [6.45, 7) is 0. The number of thiol groups is 1. The monoisotopic (exact) mass is 280 g/mol. The Morgan fingerprint density at radius 3 is 2.60 bits per heavy atom. The van der Waals surface area contributed by atoms with Gasteiger partial charge in [-0.25, -0.2) is 0 Å². The van der Waals surface area contributed by atoms with Gasteiger partial charge >= 0.3 is 0 Å². The van der Waals surface area contributed by atoms with E-state index in [0.717, 1.165) is 4.47 Å². The first kappa shape index (κ1) is 11.6. The Morgan fingerprint density at radius 2 is 2.07 bits per heavy atom. The van der Waals surface area contributed by atoms with Crippen LogP contribution >= 0.6 is 28.6 Å². The summed E-state index contributed by atoms with van der Waals surface area (Å²) < 4.78 is 0.891. The molecule has 0 unspecified atom stereocenters. The lowest BCUT2D eigenvalue weighted by Gasteiger charge is -2.03. The van der Waals surface area contributed by atoms with Crippen LogP contribution in [0.3, 0.4) is 0 Å². The lowest BCUT2D eigenvalue weighted by molar-refractivity contribution is 1.28. The zero-order chi connectivity index (χ0) is 11.3. The summed E-state index contributed by atoms with van der Waals surface area (Å²) in [5.74, 6) is 0. The Morgan fingerprint density at radius 1 is 1.40 bits per heavy atom. The molecule has 6 heteroatoms. The molecule has 0 aliphatic heterocycles. The van der Waals surface area contributed by atoms with Gasteiger partial charge in [-0.2, -0.15) is 15.6 Å². The van der Waals surface area contributed by atoms with Crippen molar-refractivity contribution >= 4 is 40.0 Å². The standard InChI is InChI=1S/C9H5BrN4S/c10-6-1-2-8(9(15)3-6)14-13-7(4-11)5-12/h1-3,14-15H. The zero-order valence-corrected chi connectivity index (χ0v) is 9.88. The first-order valence-electron chi connectivity index (χ1n) is 3.80. The predicted octanol–water partition coefficient (Wildman–Crippen LogP) is 2.55. The van der Waals surface area contributed by atoms with Crippen LogP contribution in [0, 0.1) is 22.7 Å². The lowest BCUT2D eigenvalue weighted by atomic mass is 10.3. The van der Waals surface area contributed by atoms with Crippen molar-refractivity contribution in [2.45, 2.75) is 4.90 Å². The second-order valence-electron chi connectivity index (χ2n) is 2.46. The number of nitrogens with one attached hydrogen (secondary N) is 1. The van der Waals surface area contributed by atoms with Gasteiger partial charge in [0.25, 0.3) is 0 Å². The van der Waals surface area contributed by atoms with Crippen molar-refractivity contribution in [2.75, 3.05) is 5.43 Å². The molecule has 0 aliphatic rings. The fourth-order valence-electron chi connectivity index (χ4n) is 0.790. The van der Waals surface area contributed by atoms with Gasteiger partial charge in [0.1, 0.15) is 12.1 Å². The number of benzene rings is 1. The van der Waals surface area contributed by atoms with Gasteiger partial charge in [-0.15, -0.1) is 12.6 Å². The van der Waals surface area contributed by atoms with Crippen molar-refractivity contribution in [2.24, 2.45) is 5.10 Å². The van der Waals surface area contributed by atoms with Crippen LogP contribution in [-0.2, 0) is 0 Å². The van der Waals surface area contributed by atoms with E-state index in [4.69, 9.17) is 10.5 Å². The molecule has 15 heavy (non-hydrogen) atoms. The Kier molecular flexibility index (Phi) is 4.17. The first-order valence-corrected chi connectivity index (χ1v) is 5.04. The van der Waals surface area contributed by atoms with Gasteiger partial charge in [0.05, 0.1) is 5.69 Å². The van der Waals surface area contributed by atoms with Crippen molar-refractivity contribution in [3.05, 3.63) is 22.7 Å². The molecule has 0 atom stereocenters. The van der Waals surface area contributed by atoms with E-state index in [2.05, 4.69) is 39.1 Å².